The highest BCUT2D eigenvalue weighted by Crippen LogP contribution is 2.30. The van der Waals surface area contributed by atoms with Gasteiger partial charge in [0.05, 0.1) is 0 Å². The predicted molar refractivity (Wildman–Crippen MR) is 62.6 cm³/mol. The van der Waals surface area contributed by atoms with Gasteiger partial charge in [-0.1, -0.05) is 20.3 Å². The molecule has 14 heavy (non-hydrogen) atoms. The van der Waals surface area contributed by atoms with E-state index < -0.39 is 0 Å². The fraction of sp³-hybridized carbons (Fsp3) is 1.00. The highest BCUT2D eigenvalue weighted by molar-refractivity contribution is 4.82. The van der Waals surface area contributed by atoms with E-state index in [1.165, 1.54) is 45.3 Å². The second-order valence-electron chi connectivity index (χ2n) is 4.40. The molecular formula is C12H26N2. The van der Waals surface area contributed by atoms with Crippen molar-refractivity contribution >= 4 is 0 Å². The molecule has 0 spiro atoms. The second kappa shape index (κ2) is 6.41. The molecule has 2 nitrogen and oxygen atoms in total. The molecule has 0 aromatic carbocycles. The molecule has 1 rings (SSSR count). The van der Waals surface area contributed by atoms with Crippen LogP contribution in [0.4, 0.5) is 0 Å². The molecule has 84 valence electrons. The summed E-state index contributed by atoms with van der Waals surface area (Å²) in [5, 5.41) is 3.48. The Hall–Kier alpha value is -0.0800. The first kappa shape index (κ1) is 12.0. The SMILES string of the molecule is CCN(CC)CCC(NC)C1CCC1. The van der Waals surface area contributed by atoms with Crippen molar-refractivity contribution in [3.8, 4) is 0 Å². The van der Waals surface area contributed by atoms with Gasteiger partial charge >= 0.3 is 0 Å². The molecule has 0 amide bonds. The molecule has 0 aliphatic heterocycles. The van der Waals surface area contributed by atoms with Crippen molar-refractivity contribution < 1.29 is 0 Å². The van der Waals surface area contributed by atoms with E-state index in [1.807, 2.05) is 0 Å². The van der Waals surface area contributed by atoms with Crippen LogP contribution in [0.5, 0.6) is 0 Å². The lowest BCUT2D eigenvalue weighted by Gasteiger charge is -2.34. The minimum atomic E-state index is 0.768. The summed E-state index contributed by atoms with van der Waals surface area (Å²) in [5.74, 6) is 0.968. The Balaban J connectivity index is 2.18. The largest absolute Gasteiger partial charge is 0.317 e. The Morgan fingerprint density at radius 2 is 1.93 bits per heavy atom. The zero-order chi connectivity index (χ0) is 10.4. The Morgan fingerprint density at radius 3 is 2.29 bits per heavy atom. The first-order valence-electron chi connectivity index (χ1n) is 6.21. The summed E-state index contributed by atoms with van der Waals surface area (Å²) >= 11 is 0. The Bertz CT molecular complexity index is 139. The van der Waals surface area contributed by atoms with Gasteiger partial charge in [-0.25, -0.2) is 0 Å². The molecule has 1 aliphatic carbocycles. The molecule has 0 aromatic heterocycles. The van der Waals surface area contributed by atoms with E-state index in [2.05, 4.69) is 31.1 Å². The Labute approximate surface area is 89.1 Å². The molecule has 1 saturated carbocycles. The van der Waals surface area contributed by atoms with E-state index in [0.29, 0.717) is 0 Å². The van der Waals surface area contributed by atoms with E-state index in [0.717, 1.165) is 12.0 Å². The molecule has 1 N–H and O–H groups in total. The lowest BCUT2D eigenvalue weighted by Crippen LogP contribution is -2.40. The molecule has 1 aliphatic rings. The number of rotatable bonds is 7. The first-order valence-corrected chi connectivity index (χ1v) is 6.21. The molecule has 1 atom stereocenters. The summed E-state index contributed by atoms with van der Waals surface area (Å²) in [5.41, 5.74) is 0. The number of hydrogen-bond donors (Lipinski definition) is 1. The van der Waals surface area contributed by atoms with Gasteiger partial charge in [-0.2, -0.15) is 0 Å². The van der Waals surface area contributed by atoms with Crippen molar-refractivity contribution in [3.05, 3.63) is 0 Å². The summed E-state index contributed by atoms with van der Waals surface area (Å²) in [4.78, 5) is 2.52. The first-order chi connectivity index (χ1) is 6.81. The normalized spacial score (nSPS) is 19.7. The van der Waals surface area contributed by atoms with Crippen molar-refractivity contribution in [2.45, 2.75) is 45.6 Å². The van der Waals surface area contributed by atoms with Crippen LogP contribution < -0.4 is 5.32 Å². The third-order valence-electron chi connectivity index (χ3n) is 3.74. The van der Waals surface area contributed by atoms with Crippen LogP contribution >= 0.6 is 0 Å². The average Bonchev–Trinajstić information content (AvgIpc) is 2.14. The minimum Gasteiger partial charge on any atom is -0.317 e. The van der Waals surface area contributed by atoms with Crippen molar-refractivity contribution in [2.75, 3.05) is 26.7 Å². The molecule has 0 bridgehead atoms. The van der Waals surface area contributed by atoms with Gasteiger partial charge in [0.15, 0.2) is 0 Å². The highest BCUT2D eigenvalue weighted by atomic mass is 15.1. The van der Waals surface area contributed by atoms with Gasteiger partial charge in [-0.3, -0.25) is 0 Å². The second-order valence-corrected chi connectivity index (χ2v) is 4.40. The highest BCUT2D eigenvalue weighted by Gasteiger charge is 2.25. The van der Waals surface area contributed by atoms with Crippen LogP contribution in [0, 0.1) is 5.92 Å². The Morgan fingerprint density at radius 1 is 1.29 bits per heavy atom. The summed E-state index contributed by atoms with van der Waals surface area (Å²) in [6, 6.07) is 0.768. The molecule has 0 aromatic rings. The van der Waals surface area contributed by atoms with Crippen molar-refractivity contribution in [1.82, 2.24) is 10.2 Å². The standard InChI is InChI=1S/C12H26N2/c1-4-14(5-2)10-9-12(13-3)11-7-6-8-11/h11-13H,4-10H2,1-3H3. The fourth-order valence-electron chi connectivity index (χ4n) is 2.32. The molecular weight excluding hydrogens is 172 g/mol. The predicted octanol–water partition coefficient (Wildman–Crippen LogP) is 2.11. The maximum absolute atomic E-state index is 3.48. The van der Waals surface area contributed by atoms with Gasteiger partial charge in [0, 0.05) is 6.04 Å². The fourth-order valence-corrected chi connectivity index (χ4v) is 2.32. The van der Waals surface area contributed by atoms with E-state index >= 15 is 0 Å². The maximum Gasteiger partial charge on any atom is 0.0104 e. The van der Waals surface area contributed by atoms with Crippen molar-refractivity contribution in [3.63, 3.8) is 0 Å². The summed E-state index contributed by atoms with van der Waals surface area (Å²) in [7, 11) is 2.12. The third-order valence-corrected chi connectivity index (χ3v) is 3.74. The van der Waals surface area contributed by atoms with E-state index in [1.54, 1.807) is 0 Å². The lowest BCUT2D eigenvalue weighted by molar-refractivity contribution is 0.201. The summed E-state index contributed by atoms with van der Waals surface area (Å²) < 4.78 is 0. The maximum atomic E-state index is 3.48. The van der Waals surface area contributed by atoms with Gasteiger partial charge in [0.2, 0.25) is 0 Å². The van der Waals surface area contributed by atoms with E-state index in [-0.39, 0.29) is 0 Å². The van der Waals surface area contributed by atoms with Crippen LogP contribution in [0.3, 0.4) is 0 Å². The van der Waals surface area contributed by atoms with E-state index in [4.69, 9.17) is 0 Å². The van der Waals surface area contributed by atoms with Crippen LogP contribution in [0.2, 0.25) is 0 Å². The monoisotopic (exact) mass is 198 g/mol. The summed E-state index contributed by atoms with van der Waals surface area (Å²) in [6.07, 6.45) is 5.67. The molecule has 0 heterocycles. The van der Waals surface area contributed by atoms with Crippen LogP contribution in [-0.2, 0) is 0 Å². The van der Waals surface area contributed by atoms with Gasteiger partial charge in [-0.15, -0.1) is 0 Å². The molecule has 1 fully saturated rings. The van der Waals surface area contributed by atoms with Crippen LogP contribution in [0.1, 0.15) is 39.5 Å². The number of nitrogens with one attached hydrogen (secondary N) is 1. The van der Waals surface area contributed by atoms with Crippen LogP contribution in [-0.4, -0.2) is 37.6 Å². The smallest absolute Gasteiger partial charge is 0.0104 e. The van der Waals surface area contributed by atoms with Gasteiger partial charge in [0.25, 0.3) is 0 Å². The zero-order valence-electron chi connectivity index (χ0n) is 10.1. The van der Waals surface area contributed by atoms with Crippen LogP contribution in [0.15, 0.2) is 0 Å². The third kappa shape index (κ3) is 3.25. The Kier molecular flexibility index (Phi) is 5.49. The molecule has 0 radical (unpaired) electrons. The lowest BCUT2D eigenvalue weighted by atomic mass is 9.78. The quantitative estimate of drug-likeness (QED) is 0.674. The topological polar surface area (TPSA) is 15.3 Å². The minimum absolute atomic E-state index is 0.768. The average molecular weight is 198 g/mol. The molecule has 1 unspecified atom stereocenters. The summed E-state index contributed by atoms with van der Waals surface area (Å²) in [6.45, 7) is 8.15. The number of nitrogens with zero attached hydrogens (tertiary/aromatic N) is 1. The molecule has 2 heteroatoms. The zero-order valence-corrected chi connectivity index (χ0v) is 10.1. The van der Waals surface area contributed by atoms with Crippen LogP contribution in [0.25, 0.3) is 0 Å². The van der Waals surface area contributed by atoms with Crippen molar-refractivity contribution in [2.24, 2.45) is 5.92 Å². The number of hydrogen-bond acceptors (Lipinski definition) is 2. The van der Waals surface area contributed by atoms with Gasteiger partial charge < -0.3 is 10.2 Å². The van der Waals surface area contributed by atoms with Gasteiger partial charge in [0.1, 0.15) is 0 Å². The van der Waals surface area contributed by atoms with Gasteiger partial charge in [-0.05, 0) is 51.9 Å². The van der Waals surface area contributed by atoms with Crippen molar-refractivity contribution in [1.29, 1.82) is 0 Å². The van der Waals surface area contributed by atoms with E-state index in [9.17, 15) is 0 Å². The molecule has 0 saturated heterocycles.